The third-order valence-electron chi connectivity index (χ3n) is 1.67. The van der Waals surface area contributed by atoms with Crippen LogP contribution in [0, 0.1) is 12.7 Å². The molecule has 2 aromatic heterocycles. The molecule has 0 unspecified atom stereocenters. The third kappa shape index (κ3) is 1.28. The van der Waals surface area contributed by atoms with E-state index < -0.39 is 11.4 Å². The Morgan fingerprint density at radius 3 is 2.79 bits per heavy atom. The molecule has 7 heteroatoms. The average Bonchev–Trinajstić information content (AvgIpc) is 2.66. The standard InChI is InChI=1S/C7H6FN5O/c1-3-4(8)7(14)12-6(11-3)5-9-2-10-13-5/h2H,1H3,(H,9,10,13)(H,11,12,14). The Bertz CT molecular complexity index is 503. The second-order valence-electron chi connectivity index (χ2n) is 2.65. The minimum atomic E-state index is -0.881. The Morgan fingerprint density at radius 1 is 1.43 bits per heavy atom. The van der Waals surface area contributed by atoms with E-state index in [1.54, 1.807) is 0 Å². The van der Waals surface area contributed by atoms with E-state index in [1.807, 2.05) is 0 Å². The van der Waals surface area contributed by atoms with Gasteiger partial charge in [-0.25, -0.2) is 9.97 Å². The largest absolute Gasteiger partial charge is 0.301 e. The maximum absolute atomic E-state index is 12.9. The summed E-state index contributed by atoms with van der Waals surface area (Å²) < 4.78 is 12.9. The summed E-state index contributed by atoms with van der Waals surface area (Å²) in [6.07, 6.45) is 1.27. The molecule has 0 aliphatic carbocycles. The lowest BCUT2D eigenvalue weighted by Crippen LogP contribution is -2.15. The predicted octanol–water partition coefficient (Wildman–Crippen LogP) is 0.00252. The van der Waals surface area contributed by atoms with Crippen molar-refractivity contribution in [2.24, 2.45) is 0 Å². The molecule has 2 aromatic rings. The molecule has 0 amide bonds. The quantitative estimate of drug-likeness (QED) is 0.670. The monoisotopic (exact) mass is 195 g/mol. The number of aromatic nitrogens is 5. The molecule has 0 fully saturated rings. The van der Waals surface area contributed by atoms with Crippen molar-refractivity contribution in [3.63, 3.8) is 0 Å². The molecule has 2 rings (SSSR count). The SMILES string of the molecule is Cc1nc(-c2ncn[nH]2)[nH]c(=O)c1F. The lowest BCUT2D eigenvalue weighted by Gasteiger charge is -1.97. The van der Waals surface area contributed by atoms with E-state index in [0.717, 1.165) is 0 Å². The van der Waals surface area contributed by atoms with Crippen LogP contribution in [0.25, 0.3) is 11.6 Å². The van der Waals surface area contributed by atoms with Crippen LogP contribution in [0.5, 0.6) is 0 Å². The Labute approximate surface area is 77.2 Å². The number of aromatic amines is 2. The zero-order valence-electron chi connectivity index (χ0n) is 7.21. The molecule has 6 nitrogen and oxygen atoms in total. The smallest absolute Gasteiger partial charge is 0.287 e. The number of nitrogens with one attached hydrogen (secondary N) is 2. The Balaban J connectivity index is 2.63. The first-order valence-corrected chi connectivity index (χ1v) is 3.80. The Morgan fingerprint density at radius 2 is 2.21 bits per heavy atom. The summed E-state index contributed by atoms with van der Waals surface area (Å²) in [5, 5.41) is 6.10. The van der Waals surface area contributed by atoms with Gasteiger partial charge in [0.15, 0.2) is 11.6 Å². The van der Waals surface area contributed by atoms with Gasteiger partial charge in [-0.05, 0) is 6.92 Å². The highest BCUT2D eigenvalue weighted by molar-refractivity contribution is 5.41. The van der Waals surface area contributed by atoms with Crippen LogP contribution in [-0.4, -0.2) is 25.1 Å². The van der Waals surface area contributed by atoms with Gasteiger partial charge >= 0.3 is 0 Å². The molecular formula is C7H6FN5O. The third-order valence-corrected chi connectivity index (χ3v) is 1.67. The number of halogens is 1. The van der Waals surface area contributed by atoms with Gasteiger partial charge in [-0.2, -0.15) is 9.49 Å². The zero-order chi connectivity index (χ0) is 10.1. The molecular weight excluding hydrogens is 189 g/mol. The molecule has 2 N–H and O–H groups in total. The van der Waals surface area contributed by atoms with E-state index in [2.05, 4.69) is 25.1 Å². The maximum Gasteiger partial charge on any atom is 0.287 e. The first-order valence-electron chi connectivity index (χ1n) is 3.80. The van der Waals surface area contributed by atoms with Crippen molar-refractivity contribution in [1.82, 2.24) is 25.1 Å². The number of hydrogen-bond acceptors (Lipinski definition) is 4. The van der Waals surface area contributed by atoms with Crippen molar-refractivity contribution in [1.29, 1.82) is 0 Å². The fourth-order valence-electron chi connectivity index (χ4n) is 1.00. The van der Waals surface area contributed by atoms with E-state index in [0.29, 0.717) is 5.82 Å². The van der Waals surface area contributed by atoms with Crippen molar-refractivity contribution in [2.45, 2.75) is 6.92 Å². The van der Waals surface area contributed by atoms with Crippen LogP contribution in [-0.2, 0) is 0 Å². The van der Waals surface area contributed by atoms with Gasteiger partial charge in [-0.15, -0.1) is 0 Å². The average molecular weight is 195 g/mol. The molecule has 0 spiro atoms. The molecule has 2 heterocycles. The fraction of sp³-hybridized carbons (Fsp3) is 0.143. The molecule has 72 valence electrons. The lowest BCUT2D eigenvalue weighted by atomic mass is 10.4. The van der Waals surface area contributed by atoms with E-state index in [1.165, 1.54) is 13.3 Å². The summed E-state index contributed by atoms with van der Waals surface area (Å²) >= 11 is 0. The highest BCUT2D eigenvalue weighted by Crippen LogP contribution is 2.06. The van der Waals surface area contributed by atoms with Crippen LogP contribution in [0.3, 0.4) is 0 Å². The lowest BCUT2D eigenvalue weighted by molar-refractivity contribution is 0.589. The van der Waals surface area contributed by atoms with Crippen molar-refractivity contribution in [3.05, 3.63) is 28.2 Å². The summed E-state index contributed by atoms with van der Waals surface area (Å²) in [6.45, 7) is 1.41. The molecule has 0 saturated heterocycles. The fourth-order valence-corrected chi connectivity index (χ4v) is 1.00. The summed E-state index contributed by atoms with van der Waals surface area (Å²) in [5.41, 5.74) is -0.788. The Hall–Kier alpha value is -2.05. The van der Waals surface area contributed by atoms with Gasteiger partial charge < -0.3 is 4.98 Å². The number of aryl methyl sites for hydroxylation is 1. The highest BCUT2D eigenvalue weighted by atomic mass is 19.1. The van der Waals surface area contributed by atoms with E-state index in [-0.39, 0.29) is 11.5 Å². The summed E-state index contributed by atoms with van der Waals surface area (Å²) in [5.74, 6) is -0.412. The molecule has 0 aliphatic heterocycles. The van der Waals surface area contributed by atoms with Crippen LogP contribution >= 0.6 is 0 Å². The first kappa shape index (κ1) is 8.54. The van der Waals surface area contributed by atoms with Crippen LogP contribution in [0.4, 0.5) is 4.39 Å². The van der Waals surface area contributed by atoms with Crippen molar-refractivity contribution in [2.75, 3.05) is 0 Å². The van der Waals surface area contributed by atoms with Crippen LogP contribution in [0.1, 0.15) is 5.69 Å². The van der Waals surface area contributed by atoms with E-state index in [4.69, 9.17) is 0 Å². The van der Waals surface area contributed by atoms with E-state index >= 15 is 0 Å². The molecule has 0 atom stereocenters. The summed E-state index contributed by atoms with van der Waals surface area (Å²) in [4.78, 5) is 20.9. The second kappa shape index (κ2) is 3.02. The van der Waals surface area contributed by atoms with Crippen molar-refractivity contribution < 1.29 is 4.39 Å². The van der Waals surface area contributed by atoms with Gasteiger partial charge in [0.05, 0.1) is 5.69 Å². The van der Waals surface area contributed by atoms with Crippen LogP contribution < -0.4 is 5.56 Å². The summed E-state index contributed by atoms with van der Waals surface area (Å²) in [6, 6.07) is 0. The molecule has 0 aliphatic rings. The number of rotatable bonds is 1. The molecule has 0 saturated carbocycles. The highest BCUT2D eigenvalue weighted by Gasteiger charge is 2.09. The van der Waals surface area contributed by atoms with Crippen molar-refractivity contribution in [3.8, 4) is 11.6 Å². The van der Waals surface area contributed by atoms with Crippen LogP contribution in [0.15, 0.2) is 11.1 Å². The topological polar surface area (TPSA) is 87.3 Å². The van der Waals surface area contributed by atoms with Gasteiger partial charge in [0.1, 0.15) is 6.33 Å². The minimum Gasteiger partial charge on any atom is -0.301 e. The van der Waals surface area contributed by atoms with Gasteiger partial charge in [0.25, 0.3) is 5.56 Å². The number of nitrogens with zero attached hydrogens (tertiary/aromatic N) is 3. The van der Waals surface area contributed by atoms with Gasteiger partial charge in [0.2, 0.25) is 5.82 Å². The van der Waals surface area contributed by atoms with E-state index in [9.17, 15) is 9.18 Å². The van der Waals surface area contributed by atoms with Gasteiger partial charge in [-0.3, -0.25) is 9.89 Å². The van der Waals surface area contributed by atoms with Gasteiger partial charge in [0, 0.05) is 0 Å². The number of hydrogen-bond donors (Lipinski definition) is 2. The molecule has 0 bridgehead atoms. The van der Waals surface area contributed by atoms with Crippen molar-refractivity contribution >= 4 is 0 Å². The molecule has 14 heavy (non-hydrogen) atoms. The normalized spacial score (nSPS) is 10.4. The second-order valence-corrected chi connectivity index (χ2v) is 2.65. The molecule has 0 radical (unpaired) electrons. The maximum atomic E-state index is 12.9. The minimum absolute atomic E-state index is 0.0279. The molecule has 0 aromatic carbocycles. The summed E-state index contributed by atoms with van der Waals surface area (Å²) in [7, 11) is 0. The Kier molecular flexibility index (Phi) is 1.84. The predicted molar refractivity (Wildman–Crippen MR) is 44.9 cm³/mol. The first-order chi connectivity index (χ1) is 6.68. The zero-order valence-corrected chi connectivity index (χ0v) is 7.21. The van der Waals surface area contributed by atoms with Crippen LogP contribution in [0.2, 0.25) is 0 Å². The number of H-pyrrole nitrogens is 2. The van der Waals surface area contributed by atoms with Gasteiger partial charge in [-0.1, -0.05) is 0 Å².